The van der Waals surface area contributed by atoms with Gasteiger partial charge in [-0.1, -0.05) is 36.5 Å². The lowest BCUT2D eigenvalue weighted by atomic mass is 10.3. The Kier molecular flexibility index (Phi) is 5.98. The van der Waals surface area contributed by atoms with Crippen LogP contribution in [0.1, 0.15) is 30.3 Å². The molecule has 1 aromatic carbocycles. The third-order valence-electron chi connectivity index (χ3n) is 2.90. The van der Waals surface area contributed by atoms with Gasteiger partial charge in [-0.3, -0.25) is 4.79 Å². The van der Waals surface area contributed by atoms with Crippen LogP contribution in [0, 0.1) is 0 Å². The van der Waals surface area contributed by atoms with Crippen LogP contribution >= 0.6 is 23.2 Å². The second-order valence-electron chi connectivity index (χ2n) is 4.66. The molecule has 1 amide bonds. The number of anilines is 2. The van der Waals surface area contributed by atoms with Crippen molar-refractivity contribution in [2.75, 3.05) is 11.9 Å². The highest BCUT2D eigenvalue weighted by Gasteiger charge is 2.08. The molecule has 0 bridgehead atoms. The minimum absolute atomic E-state index is 0.228. The van der Waals surface area contributed by atoms with E-state index in [0.717, 1.165) is 12.8 Å². The number of benzene rings is 1. The lowest BCUT2D eigenvalue weighted by Gasteiger charge is -2.08. The Morgan fingerprint density at radius 2 is 2.00 bits per heavy atom. The Balaban J connectivity index is 2.02. The molecule has 0 spiro atoms. The summed E-state index contributed by atoms with van der Waals surface area (Å²) >= 11 is 12.0. The van der Waals surface area contributed by atoms with Crippen LogP contribution in [-0.2, 0) is 0 Å². The molecule has 1 aromatic heterocycles. The molecule has 0 atom stereocenters. The van der Waals surface area contributed by atoms with Gasteiger partial charge in [0.15, 0.2) is 11.5 Å². The number of amides is 1. The van der Waals surface area contributed by atoms with Gasteiger partial charge in [0.1, 0.15) is 0 Å². The van der Waals surface area contributed by atoms with E-state index in [1.807, 2.05) is 0 Å². The monoisotopic (exact) mass is 338 g/mol. The molecule has 2 N–H and O–H groups in total. The average molecular weight is 339 g/mol. The maximum Gasteiger partial charge on any atom is 0.271 e. The quantitative estimate of drug-likeness (QED) is 0.779. The molecule has 0 radical (unpaired) electrons. The normalized spacial score (nSPS) is 10.3. The van der Waals surface area contributed by atoms with Crippen LogP contribution < -0.4 is 10.6 Å². The third kappa shape index (κ3) is 4.58. The van der Waals surface area contributed by atoms with E-state index < -0.39 is 0 Å². The minimum atomic E-state index is -0.228. The standard InChI is InChI=1S/C15H16Cl2N4O/c1-2-3-8-18-15(22)12-6-7-14(21-20-12)19-13-9-10(16)4-5-11(13)17/h4-7,9H,2-3,8H2,1H3,(H,18,22)(H,19,21). The van der Waals surface area contributed by atoms with E-state index in [1.165, 1.54) is 0 Å². The number of hydrogen-bond acceptors (Lipinski definition) is 4. The van der Waals surface area contributed by atoms with Crippen LogP contribution in [-0.4, -0.2) is 22.6 Å². The van der Waals surface area contributed by atoms with Gasteiger partial charge in [-0.15, -0.1) is 10.2 Å². The van der Waals surface area contributed by atoms with E-state index in [-0.39, 0.29) is 11.6 Å². The van der Waals surface area contributed by atoms with Crippen LogP contribution in [0.25, 0.3) is 0 Å². The van der Waals surface area contributed by atoms with Gasteiger partial charge in [-0.05, 0) is 36.8 Å². The number of rotatable bonds is 6. The average Bonchev–Trinajstić information content (AvgIpc) is 2.52. The zero-order chi connectivity index (χ0) is 15.9. The molecule has 2 aromatic rings. The minimum Gasteiger partial charge on any atom is -0.351 e. The van der Waals surface area contributed by atoms with Crippen LogP contribution in [0.4, 0.5) is 11.5 Å². The molecule has 0 saturated heterocycles. The number of carbonyl (C=O) groups excluding carboxylic acids is 1. The first-order valence-electron chi connectivity index (χ1n) is 6.94. The van der Waals surface area contributed by atoms with Gasteiger partial charge in [0, 0.05) is 11.6 Å². The lowest BCUT2D eigenvalue weighted by Crippen LogP contribution is -2.25. The summed E-state index contributed by atoms with van der Waals surface area (Å²) in [5.74, 6) is 0.252. The van der Waals surface area contributed by atoms with Crippen molar-refractivity contribution in [1.82, 2.24) is 15.5 Å². The Labute approximate surface area is 139 Å². The van der Waals surface area contributed by atoms with E-state index >= 15 is 0 Å². The number of halogens is 2. The Bertz CT molecular complexity index is 646. The number of nitrogens with one attached hydrogen (secondary N) is 2. The van der Waals surface area contributed by atoms with Crippen molar-refractivity contribution in [2.24, 2.45) is 0 Å². The van der Waals surface area contributed by atoms with Crippen molar-refractivity contribution in [3.8, 4) is 0 Å². The highest BCUT2D eigenvalue weighted by molar-refractivity contribution is 6.35. The van der Waals surface area contributed by atoms with E-state index in [4.69, 9.17) is 23.2 Å². The summed E-state index contributed by atoms with van der Waals surface area (Å²) in [6.45, 7) is 2.70. The van der Waals surface area contributed by atoms with Crippen molar-refractivity contribution in [1.29, 1.82) is 0 Å². The predicted octanol–water partition coefficient (Wildman–Crippen LogP) is 4.06. The maximum atomic E-state index is 11.8. The van der Waals surface area contributed by atoms with Crippen LogP contribution in [0.15, 0.2) is 30.3 Å². The molecule has 0 aliphatic rings. The summed E-state index contributed by atoms with van der Waals surface area (Å²) < 4.78 is 0. The van der Waals surface area contributed by atoms with Crippen molar-refractivity contribution in [2.45, 2.75) is 19.8 Å². The van der Waals surface area contributed by atoms with Gasteiger partial charge in [-0.2, -0.15) is 0 Å². The number of hydrogen-bond donors (Lipinski definition) is 2. The van der Waals surface area contributed by atoms with Gasteiger partial charge in [0.2, 0.25) is 0 Å². The summed E-state index contributed by atoms with van der Waals surface area (Å²) in [4.78, 5) is 11.8. The highest BCUT2D eigenvalue weighted by Crippen LogP contribution is 2.27. The Hall–Kier alpha value is -1.85. The van der Waals surface area contributed by atoms with Gasteiger partial charge >= 0.3 is 0 Å². The molecule has 7 heteroatoms. The van der Waals surface area contributed by atoms with Crippen molar-refractivity contribution in [3.63, 3.8) is 0 Å². The molecule has 1 heterocycles. The van der Waals surface area contributed by atoms with Crippen LogP contribution in [0.2, 0.25) is 10.0 Å². The number of unbranched alkanes of at least 4 members (excludes halogenated alkanes) is 1. The Morgan fingerprint density at radius 1 is 1.18 bits per heavy atom. The maximum absolute atomic E-state index is 11.8. The summed E-state index contributed by atoms with van der Waals surface area (Å²) in [5.41, 5.74) is 0.905. The summed E-state index contributed by atoms with van der Waals surface area (Å²) in [6, 6.07) is 8.35. The molecule has 0 unspecified atom stereocenters. The van der Waals surface area contributed by atoms with Gasteiger partial charge in [-0.25, -0.2) is 0 Å². The Morgan fingerprint density at radius 3 is 2.68 bits per heavy atom. The zero-order valence-corrected chi connectivity index (χ0v) is 13.6. The fourth-order valence-corrected chi connectivity index (χ4v) is 2.06. The van der Waals surface area contributed by atoms with Gasteiger partial charge in [0.05, 0.1) is 10.7 Å². The topological polar surface area (TPSA) is 66.9 Å². The molecule has 2 rings (SSSR count). The fourth-order valence-electron chi connectivity index (χ4n) is 1.72. The zero-order valence-electron chi connectivity index (χ0n) is 12.1. The van der Waals surface area contributed by atoms with Crippen molar-refractivity contribution >= 4 is 40.6 Å². The second-order valence-corrected chi connectivity index (χ2v) is 5.51. The molecule has 0 saturated carbocycles. The van der Waals surface area contributed by atoms with Crippen molar-refractivity contribution in [3.05, 3.63) is 46.1 Å². The lowest BCUT2D eigenvalue weighted by molar-refractivity contribution is 0.0947. The smallest absolute Gasteiger partial charge is 0.271 e. The first-order valence-corrected chi connectivity index (χ1v) is 7.69. The second kappa shape index (κ2) is 7.96. The third-order valence-corrected chi connectivity index (χ3v) is 3.47. The fraction of sp³-hybridized carbons (Fsp3) is 0.267. The first-order chi connectivity index (χ1) is 10.6. The first kappa shape index (κ1) is 16.5. The molecule has 0 fully saturated rings. The van der Waals surface area contributed by atoms with Gasteiger partial charge in [0.25, 0.3) is 5.91 Å². The molecular weight excluding hydrogens is 323 g/mol. The molecule has 5 nitrogen and oxygen atoms in total. The van der Waals surface area contributed by atoms with Crippen molar-refractivity contribution < 1.29 is 4.79 Å². The van der Waals surface area contributed by atoms with E-state index in [0.29, 0.717) is 28.1 Å². The summed E-state index contributed by atoms with van der Waals surface area (Å²) in [5, 5.41) is 14.8. The molecule has 0 aliphatic carbocycles. The number of aromatic nitrogens is 2. The largest absolute Gasteiger partial charge is 0.351 e. The molecular formula is C15H16Cl2N4O. The van der Waals surface area contributed by atoms with Crippen LogP contribution in [0.5, 0.6) is 0 Å². The summed E-state index contributed by atoms with van der Waals surface area (Å²) in [6.07, 6.45) is 1.96. The van der Waals surface area contributed by atoms with E-state index in [2.05, 4.69) is 27.8 Å². The van der Waals surface area contributed by atoms with Crippen LogP contribution in [0.3, 0.4) is 0 Å². The highest BCUT2D eigenvalue weighted by atomic mass is 35.5. The SMILES string of the molecule is CCCCNC(=O)c1ccc(Nc2cc(Cl)ccc2Cl)nn1. The molecule has 116 valence electrons. The van der Waals surface area contributed by atoms with E-state index in [1.54, 1.807) is 30.3 Å². The predicted molar refractivity (Wildman–Crippen MR) is 89.0 cm³/mol. The molecule has 22 heavy (non-hydrogen) atoms. The number of carbonyl (C=O) groups is 1. The summed E-state index contributed by atoms with van der Waals surface area (Å²) in [7, 11) is 0. The molecule has 0 aliphatic heterocycles. The van der Waals surface area contributed by atoms with E-state index in [9.17, 15) is 4.79 Å². The number of nitrogens with zero attached hydrogens (tertiary/aromatic N) is 2. The van der Waals surface area contributed by atoms with Gasteiger partial charge < -0.3 is 10.6 Å².